The Bertz CT molecular complexity index is 890. The maximum Gasteiger partial charge on any atom is 0.308 e. The van der Waals surface area contributed by atoms with Crippen molar-refractivity contribution in [1.29, 1.82) is 0 Å². The minimum absolute atomic E-state index is 0.131. The first-order valence-corrected chi connectivity index (χ1v) is 14.1. The van der Waals surface area contributed by atoms with Gasteiger partial charge in [0.2, 0.25) is 12.7 Å². The fourth-order valence-corrected chi connectivity index (χ4v) is 6.45. The molecule has 1 amide bonds. The van der Waals surface area contributed by atoms with E-state index in [0.717, 1.165) is 70.0 Å². The first-order chi connectivity index (χ1) is 17.4. The largest absolute Gasteiger partial charge is 0.481 e. The molecule has 0 radical (unpaired) electrons. The van der Waals surface area contributed by atoms with Gasteiger partial charge in [-0.2, -0.15) is 0 Å². The number of likely N-dealkylation sites (tertiary alicyclic amines) is 1. The van der Waals surface area contributed by atoms with Gasteiger partial charge in [0, 0.05) is 31.6 Å². The third-order valence-corrected chi connectivity index (χ3v) is 8.56. The van der Waals surface area contributed by atoms with Crippen molar-refractivity contribution < 1.29 is 24.2 Å². The van der Waals surface area contributed by atoms with Crippen molar-refractivity contribution in [3.05, 3.63) is 23.8 Å². The first-order valence-electron chi connectivity index (χ1n) is 14.1. The lowest BCUT2D eigenvalue weighted by Crippen LogP contribution is -2.48. The van der Waals surface area contributed by atoms with Gasteiger partial charge in [-0.3, -0.25) is 14.5 Å². The van der Waals surface area contributed by atoms with E-state index in [9.17, 15) is 14.7 Å². The molecule has 0 aromatic heterocycles. The van der Waals surface area contributed by atoms with Crippen molar-refractivity contribution in [3.8, 4) is 11.5 Å². The molecule has 3 aliphatic rings. The Morgan fingerprint density at radius 3 is 2.33 bits per heavy atom. The van der Waals surface area contributed by atoms with Crippen LogP contribution in [0, 0.1) is 17.8 Å². The molecule has 0 bridgehead atoms. The predicted octanol–water partition coefficient (Wildman–Crippen LogP) is 5.14. The number of ether oxygens (including phenoxy) is 2. The molecule has 1 aliphatic carbocycles. The highest BCUT2D eigenvalue weighted by Crippen LogP contribution is 2.46. The number of carbonyl (C=O) groups excluding carboxylic acids is 1. The standard InChI is InChI=1S/C29H44N2O5/c1-4-6-14-30(15-7-5-2)26(32)18-31-17-23(22-12-13-24-25(16-22)36-19-35-24)27(29(33)34)28(31)21-10-8-20(3)9-11-21/h12-13,16,20-21,23,27-28H,4-11,14-15,17-19H2,1-3H3,(H,33,34)/t20?,21?,23-,27+,28-/m1/s1. The second-order valence-electron chi connectivity index (χ2n) is 11.1. The van der Waals surface area contributed by atoms with Gasteiger partial charge >= 0.3 is 5.97 Å². The van der Waals surface area contributed by atoms with Crippen LogP contribution in [0.25, 0.3) is 0 Å². The minimum Gasteiger partial charge on any atom is -0.481 e. The van der Waals surface area contributed by atoms with E-state index in [1.165, 1.54) is 0 Å². The molecule has 2 fully saturated rings. The third kappa shape index (κ3) is 5.99. The minimum atomic E-state index is -0.759. The van der Waals surface area contributed by atoms with Gasteiger partial charge in [-0.25, -0.2) is 0 Å². The maximum absolute atomic E-state index is 13.6. The van der Waals surface area contributed by atoms with Crippen molar-refractivity contribution in [2.45, 2.75) is 84.1 Å². The number of benzene rings is 1. The summed E-state index contributed by atoms with van der Waals surface area (Å²) < 4.78 is 11.1. The highest BCUT2D eigenvalue weighted by atomic mass is 16.7. The zero-order chi connectivity index (χ0) is 25.7. The zero-order valence-electron chi connectivity index (χ0n) is 22.3. The van der Waals surface area contributed by atoms with E-state index >= 15 is 0 Å². The van der Waals surface area contributed by atoms with Gasteiger partial charge in [-0.15, -0.1) is 0 Å². The van der Waals surface area contributed by atoms with Gasteiger partial charge in [0.05, 0.1) is 12.5 Å². The van der Waals surface area contributed by atoms with Crippen molar-refractivity contribution in [3.63, 3.8) is 0 Å². The summed E-state index contributed by atoms with van der Waals surface area (Å²) in [4.78, 5) is 30.6. The molecule has 1 saturated heterocycles. The molecule has 1 saturated carbocycles. The van der Waals surface area contributed by atoms with Gasteiger partial charge in [-0.1, -0.05) is 52.5 Å². The molecule has 7 nitrogen and oxygen atoms in total. The molecule has 1 N–H and O–H groups in total. The summed E-state index contributed by atoms with van der Waals surface area (Å²) in [5.41, 5.74) is 0.963. The molecule has 0 unspecified atom stereocenters. The van der Waals surface area contributed by atoms with E-state index in [1.54, 1.807) is 0 Å². The second kappa shape index (κ2) is 12.3. The number of nitrogens with zero attached hydrogens (tertiary/aromatic N) is 2. The normalized spacial score (nSPS) is 27.8. The van der Waals surface area contributed by atoms with Gasteiger partial charge in [0.15, 0.2) is 11.5 Å². The molecule has 1 aromatic carbocycles. The third-order valence-electron chi connectivity index (χ3n) is 8.56. The monoisotopic (exact) mass is 500 g/mol. The molecular formula is C29H44N2O5. The molecule has 3 atom stereocenters. The Labute approximate surface area is 216 Å². The number of amides is 1. The summed E-state index contributed by atoms with van der Waals surface area (Å²) in [6, 6.07) is 5.68. The molecule has 4 rings (SSSR count). The summed E-state index contributed by atoms with van der Waals surface area (Å²) in [7, 11) is 0. The van der Waals surface area contributed by atoms with Crippen LogP contribution >= 0.6 is 0 Å². The Kier molecular flexibility index (Phi) is 9.15. The van der Waals surface area contributed by atoms with E-state index < -0.39 is 11.9 Å². The SMILES string of the molecule is CCCCN(CCCC)C(=O)CN1C[C@H](c2ccc3c(c2)OCO3)[C@H](C(=O)O)[C@H]1C1CCC(C)CC1. The average Bonchev–Trinajstić information content (AvgIpc) is 3.49. The van der Waals surface area contributed by atoms with Gasteiger partial charge < -0.3 is 19.5 Å². The van der Waals surface area contributed by atoms with Crippen molar-refractivity contribution in [2.75, 3.05) is 33.0 Å². The number of aliphatic carboxylic acids is 1. The summed E-state index contributed by atoms with van der Waals surface area (Å²) in [6.07, 6.45) is 8.42. The van der Waals surface area contributed by atoms with Gasteiger partial charge in [-0.05, 0) is 55.2 Å². The van der Waals surface area contributed by atoms with E-state index in [4.69, 9.17) is 9.47 Å². The Balaban J connectivity index is 1.61. The van der Waals surface area contributed by atoms with E-state index in [0.29, 0.717) is 36.4 Å². The highest BCUT2D eigenvalue weighted by molar-refractivity contribution is 5.79. The lowest BCUT2D eigenvalue weighted by atomic mass is 9.73. The number of carbonyl (C=O) groups is 2. The van der Waals surface area contributed by atoms with Crippen molar-refractivity contribution >= 4 is 11.9 Å². The second-order valence-corrected chi connectivity index (χ2v) is 11.1. The lowest BCUT2D eigenvalue weighted by Gasteiger charge is -2.38. The Morgan fingerprint density at radius 1 is 1.03 bits per heavy atom. The highest BCUT2D eigenvalue weighted by Gasteiger charge is 2.50. The molecule has 200 valence electrons. The number of hydrogen-bond donors (Lipinski definition) is 1. The number of carboxylic acid groups (broad SMARTS) is 1. The Hall–Kier alpha value is -2.28. The van der Waals surface area contributed by atoms with Gasteiger partial charge in [0.1, 0.15) is 0 Å². The van der Waals surface area contributed by atoms with Crippen LogP contribution in [-0.2, 0) is 9.59 Å². The maximum atomic E-state index is 13.6. The van der Waals surface area contributed by atoms with Crippen molar-refractivity contribution in [1.82, 2.24) is 9.80 Å². The van der Waals surface area contributed by atoms with Crippen LogP contribution in [0.3, 0.4) is 0 Å². The van der Waals surface area contributed by atoms with E-state index in [1.807, 2.05) is 23.1 Å². The van der Waals surface area contributed by atoms with Crippen LogP contribution in [0.2, 0.25) is 0 Å². The molecule has 36 heavy (non-hydrogen) atoms. The van der Waals surface area contributed by atoms with Crippen LogP contribution in [-0.4, -0.2) is 65.8 Å². The molecule has 2 aliphatic heterocycles. The predicted molar refractivity (Wildman–Crippen MR) is 139 cm³/mol. The molecule has 0 spiro atoms. The number of fused-ring (bicyclic) bond motifs is 1. The fourth-order valence-electron chi connectivity index (χ4n) is 6.45. The van der Waals surface area contributed by atoms with Crippen LogP contribution in [0.5, 0.6) is 11.5 Å². The fraction of sp³-hybridized carbons (Fsp3) is 0.724. The van der Waals surface area contributed by atoms with Crippen molar-refractivity contribution in [2.24, 2.45) is 17.8 Å². The number of hydrogen-bond acceptors (Lipinski definition) is 5. The molecular weight excluding hydrogens is 456 g/mol. The van der Waals surface area contributed by atoms with Crippen LogP contribution in [0.1, 0.15) is 83.6 Å². The molecule has 7 heteroatoms. The summed E-state index contributed by atoms with van der Waals surface area (Å²) in [5.74, 6) is 1.02. The van der Waals surface area contributed by atoms with Gasteiger partial charge in [0.25, 0.3) is 0 Å². The Morgan fingerprint density at radius 2 is 1.69 bits per heavy atom. The zero-order valence-corrected chi connectivity index (χ0v) is 22.3. The number of unbranched alkanes of at least 4 members (excludes halogenated alkanes) is 2. The van der Waals surface area contributed by atoms with Crippen LogP contribution < -0.4 is 9.47 Å². The molecule has 1 aromatic rings. The van der Waals surface area contributed by atoms with Crippen LogP contribution in [0.4, 0.5) is 0 Å². The number of rotatable bonds is 11. The summed E-state index contributed by atoms with van der Waals surface area (Å²) in [6.45, 7) is 9.22. The van der Waals surface area contributed by atoms with Crippen LogP contribution in [0.15, 0.2) is 18.2 Å². The topological polar surface area (TPSA) is 79.3 Å². The summed E-state index contributed by atoms with van der Waals surface area (Å²) in [5, 5.41) is 10.5. The summed E-state index contributed by atoms with van der Waals surface area (Å²) >= 11 is 0. The first kappa shape index (κ1) is 26.8. The molecule has 2 heterocycles. The smallest absolute Gasteiger partial charge is 0.308 e. The van der Waals surface area contributed by atoms with E-state index in [-0.39, 0.29) is 24.7 Å². The van der Waals surface area contributed by atoms with E-state index in [2.05, 4.69) is 25.7 Å². The quantitative estimate of drug-likeness (QED) is 0.453. The average molecular weight is 501 g/mol. The lowest BCUT2D eigenvalue weighted by molar-refractivity contribution is -0.144. The number of carboxylic acids is 1.